The minimum atomic E-state index is -0.484. The van der Waals surface area contributed by atoms with E-state index in [0.29, 0.717) is 6.54 Å². The fraction of sp³-hybridized carbons (Fsp3) is 0.600. The SMILES string of the molecule is CC(C)(Br)C(=O)N1CCn2ccnc2C1. The predicted molar refractivity (Wildman–Crippen MR) is 60.7 cm³/mol. The van der Waals surface area contributed by atoms with Crippen LogP contribution >= 0.6 is 15.9 Å². The van der Waals surface area contributed by atoms with Gasteiger partial charge in [-0.15, -0.1) is 0 Å². The molecule has 0 aliphatic carbocycles. The van der Waals surface area contributed by atoms with Crippen molar-refractivity contribution in [3.8, 4) is 0 Å². The average molecular weight is 272 g/mol. The molecule has 0 N–H and O–H groups in total. The van der Waals surface area contributed by atoms with Crippen LogP contribution < -0.4 is 0 Å². The second-order valence-corrected chi connectivity index (χ2v) is 6.22. The van der Waals surface area contributed by atoms with Crippen LogP contribution in [0.25, 0.3) is 0 Å². The van der Waals surface area contributed by atoms with E-state index in [1.54, 1.807) is 6.20 Å². The molecule has 0 unspecified atom stereocenters. The summed E-state index contributed by atoms with van der Waals surface area (Å²) in [5, 5.41) is 0. The van der Waals surface area contributed by atoms with Crippen LogP contribution in [0.3, 0.4) is 0 Å². The Morgan fingerprint density at radius 1 is 1.53 bits per heavy atom. The maximum atomic E-state index is 12.0. The van der Waals surface area contributed by atoms with E-state index in [0.717, 1.165) is 18.9 Å². The molecule has 0 spiro atoms. The van der Waals surface area contributed by atoms with Gasteiger partial charge in [0.1, 0.15) is 5.82 Å². The molecule has 0 aromatic carbocycles. The summed E-state index contributed by atoms with van der Waals surface area (Å²) >= 11 is 3.39. The monoisotopic (exact) mass is 271 g/mol. The Hall–Kier alpha value is -0.840. The zero-order valence-corrected chi connectivity index (χ0v) is 10.5. The number of carbonyl (C=O) groups excluding carboxylic acids is 1. The van der Waals surface area contributed by atoms with Crippen LogP contribution in [-0.4, -0.2) is 31.2 Å². The van der Waals surface area contributed by atoms with Crippen molar-refractivity contribution in [1.82, 2.24) is 14.5 Å². The fourth-order valence-electron chi connectivity index (χ4n) is 1.72. The zero-order valence-electron chi connectivity index (χ0n) is 8.90. The molecule has 0 radical (unpaired) electrons. The molecular formula is C10H14BrN3O. The third-order valence-electron chi connectivity index (χ3n) is 2.54. The summed E-state index contributed by atoms with van der Waals surface area (Å²) in [6.45, 7) is 5.95. The summed E-state index contributed by atoms with van der Waals surface area (Å²) in [4.78, 5) is 18.1. The van der Waals surface area contributed by atoms with E-state index in [1.165, 1.54) is 0 Å². The summed E-state index contributed by atoms with van der Waals surface area (Å²) in [5.41, 5.74) is 0. The van der Waals surface area contributed by atoms with Gasteiger partial charge in [0.05, 0.1) is 10.9 Å². The normalized spacial score (nSPS) is 16.3. The van der Waals surface area contributed by atoms with Crippen LogP contribution in [0.15, 0.2) is 12.4 Å². The molecule has 1 amide bonds. The predicted octanol–water partition coefficient (Wildman–Crippen LogP) is 1.40. The Morgan fingerprint density at radius 3 is 2.93 bits per heavy atom. The van der Waals surface area contributed by atoms with E-state index >= 15 is 0 Å². The van der Waals surface area contributed by atoms with Crippen molar-refractivity contribution in [2.24, 2.45) is 0 Å². The number of hydrogen-bond donors (Lipinski definition) is 0. The first-order valence-corrected chi connectivity index (χ1v) is 5.76. The fourth-order valence-corrected chi connectivity index (χ4v) is 1.97. The lowest BCUT2D eigenvalue weighted by molar-refractivity contribution is -0.134. The van der Waals surface area contributed by atoms with Crippen molar-refractivity contribution < 1.29 is 4.79 Å². The largest absolute Gasteiger partial charge is 0.332 e. The number of fused-ring (bicyclic) bond motifs is 1. The average Bonchev–Trinajstić information content (AvgIpc) is 2.61. The number of halogens is 1. The van der Waals surface area contributed by atoms with E-state index in [2.05, 4.69) is 25.5 Å². The third kappa shape index (κ3) is 2.07. The van der Waals surface area contributed by atoms with Gasteiger partial charge in [0.25, 0.3) is 0 Å². The molecule has 4 nitrogen and oxygen atoms in total. The van der Waals surface area contributed by atoms with Crippen LogP contribution in [0.1, 0.15) is 19.7 Å². The molecule has 0 fully saturated rings. The van der Waals surface area contributed by atoms with Crippen LogP contribution in [-0.2, 0) is 17.9 Å². The van der Waals surface area contributed by atoms with Crippen LogP contribution in [0.4, 0.5) is 0 Å². The Bertz CT molecular complexity index is 380. The summed E-state index contributed by atoms with van der Waals surface area (Å²) in [7, 11) is 0. The first-order valence-electron chi connectivity index (χ1n) is 4.97. The lowest BCUT2D eigenvalue weighted by atomic mass is 10.1. The zero-order chi connectivity index (χ0) is 11.1. The van der Waals surface area contributed by atoms with Crippen LogP contribution in [0, 0.1) is 0 Å². The first-order chi connectivity index (χ1) is 6.98. The number of hydrogen-bond acceptors (Lipinski definition) is 2. The minimum absolute atomic E-state index is 0.122. The maximum Gasteiger partial charge on any atom is 0.239 e. The molecule has 5 heteroatoms. The Kier molecular flexibility index (Phi) is 2.58. The van der Waals surface area contributed by atoms with Gasteiger partial charge in [0.15, 0.2) is 0 Å². The Labute approximate surface area is 97.4 Å². The molecule has 0 atom stereocenters. The number of alkyl halides is 1. The molecule has 0 saturated heterocycles. The molecule has 2 heterocycles. The van der Waals surface area contributed by atoms with E-state index in [1.807, 2.05) is 24.9 Å². The highest BCUT2D eigenvalue weighted by atomic mass is 79.9. The summed E-state index contributed by atoms with van der Waals surface area (Å²) < 4.78 is 1.60. The Morgan fingerprint density at radius 2 is 2.27 bits per heavy atom. The molecule has 15 heavy (non-hydrogen) atoms. The van der Waals surface area contributed by atoms with Crippen molar-refractivity contribution in [1.29, 1.82) is 0 Å². The topological polar surface area (TPSA) is 38.1 Å². The van der Waals surface area contributed by atoms with Crippen molar-refractivity contribution >= 4 is 21.8 Å². The van der Waals surface area contributed by atoms with Crippen molar-refractivity contribution in [3.05, 3.63) is 18.2 Å². The lowest BCUT2D eigenvalue weighted by Crippen LogP contribution is -2.45. The van der Waals surface area contributed by atoms with Gasteiger partial charge in [-0.05, 0) is 13.8 Å². The van der Waals surface area contributed by atoms with Gasteiger partial charge in [0.2, 0.25) is 5.91 Å². The molecule has 1 aromatic heterocycles. The number of aromatic nitrogens is 2. The highest BCUT2D eigenvalue weighted by Gasteiger charge is 2.31. The summed E-state index contributed by atoms with van der Waals surface area (Å²) in [5.74, 6) is 1.09. The number of nitrogens with zero attached hydrogens (tertiary/aromatic N) is 3. The van der Waals surface area contributed by atoms with E-state index < -0.39 is 4.32 Å². The van der Waals surface area contributed by atoms with E-state index in [-0.39, 0.29) is 5.91 Å². The second-order valence-electron chi connectivity index (χ2n) is 4.24. The van der Waals surface area contributed by atoms with Gasteiger partial charge >= 0.3 is 0 Å². The number of imidazole rings is 1. The van der Waals surface area contributed by atoms with E-state index in [9.17, 15) is 4.79 Å². The summed E-state index contributed by atoms with van der Waals surface area (Å²) in [6.07, 6.45) is 3.74. The molecular weight excluding hydrogens is 258 g/mol. The number of rotatable bonds is 1. The summed E-state index contributed by atoms with van der Waals surface area (Å²) in [6, 6.07) is 0. The van der Waals surface area contributed by atoms with E-state index in [4.69, 9.17) is 0 Å². The first kappa shape index (κ1) is 10.7. The molecule has 1 aliphatic heterocycles. The molecule has 82 valence electrons. The van der Waals surface area contributed by atoms with Gasteiger partial charge in [-0.25, -0.2) is 4.98 Å². The van der Waals surface area contributed by atoms with Gasteiger partial charge < -0.3 is 9.47 Å². The Balaban J connectivity index is 2.14. The number of carbonyl (C=O) groups is 1. The second kappa shape index (κ2) is 3.63. The van der Waals surface area contributed by atoms with Crippen molar-refractivity contribution in [3.63, 3.8) is 0 Å². The standard InChI is InChI=1S/C10H14BrN3O/c1-10(2,11)9(15)14-6-5-13-4-3-12-8(13)7-14/h3-4H,5-7H2,1-2H3. The third-order valence-corrected chi connectivity index (χ3v) is 2.88. The maximum absolute atomic E-state index is 12.0. The van der Waals surface area contributed by atoms with Crippen LogP contribution in [0.5, 0.6) is 0 Å². The molecule has 0 saturated carbocycles. The smallest absolute Gasteiger partial charge is 0.239 e. The van der Waals surface area contributed by atoms with Crippen LogP contribution in [0.2, 0.25) is 0 Å². The van der Waals surface area contributed by atoms with Gasteiger partial charge in [-0.1, -0.05) is 15.9 Å². The minimum Gasteiger partial charge on any atom is -0.332 e. The van der Waals surface area contributed by atoms with Gasteiger partial charge in [0, 0.05) is 25.5 Å². The quantitative estimate of drug-likeness (QED) is 0.725. The molecule has 1 aromatic rings. The molecule has 1 aliphatic rings. The lowest BCUT2D eigenvalue weighted by Gasteiger charge is -2.31. The highest BCUT2D eigenvalue weighted by molar-refractivity contribution is 9.10. The molecule has 0 bridgehead atoms. The van der Waals surface area contributed by atoms with Crippen molar-refractivity contribution in [2.75, 3.05) is 6.54 Å². The highest BCUT2D eigenvalue weighted by Crippen LogP contribution is 2.22. The molecule has 2 rings (SSSR count). The number of amides is 1. The van der Waals surface area contributed by atoms with Crippen molar-refractivity contribution in [2.45, 2.75) is 31.3 Å². The van der Waals surface area contributed by atoms with Gasteiger partial charge in [-0.3, -0.25) is 4.79 Å². The van der Waals surface area contributed by atoms with Gasteiger partial charge in [-0.2, -0.15) is 0 Å².